The van der Waals surface area contributed by atoms with E-state index in [2.05, 4.69) is 5.32 Å². The molecule has 1 saturated carbocycles. The van der Waals surface area contributed by atoms with Crippen molar-refractivity contribution in [2.45, 2.75) is 32.1 Å². The van der Waals surface area contributed by atoms with Crippen molar-refractivity contribution in [1.82, 2.24) is 5.32 Å². The number of amides is 1. The van der Waals surface area contributed by atoms with Gasteiger partial charge in [-0.3, -0.25) is 4.79 Å². The van der Waals surface area contributed by atoms with Gasteiger partial charge < -0.3 is 9.73 Å². The number of para-hydroxylation sites is 1. The average Bonchev–Trinajstić information content (AvgIpc) is 2.94. The van der Waals surface area contributed by atoms with Gasteiger partial charge in [-0.05, 0) is 30.9 Å². The molecular formula is C16H19NO2. The zero-order valence-corrected chi connectivity index (χ0v) is 11.0. The van der Waals surface area contributed by atoms with Crippen LogP contribution in [0, 0.1) is 5.92 Å². The highest BCUT2D eigenvalue weighted by Crippen LogP contribution is 2.23. The molecule has 1 aliphatic rings. The molecule has 0 saturated heterocycles. The van der Waals surface area contributed by atoms with E-state index in [0.717, 1.165) is 11.9 Å². The molecule has 100 valence electrons. The summed E-state index contributed by atoms with van der Waals surface area (Å²) in [6.45, 7) is 0.788. The predicted molar refractivity (Wildman–Crippen MR) is 75.1 cm³/mol. The minimum Gasteiger partial charge on any atom is -0.464 e. The lowest BCUT2D eigenvalue weighted by Crippen LogP contribution is -2.30. The number of carbonyl (C=O) groups is 1. The minimum absolute atomic E-state index is 0.0221. The lowest BCUT2D eigenvalue weighted by atomic mass is 9.89. The quantitative estimate of drug-likeness (QED) is 0.910. The Morgan fingerprint density at radius 3 is 2.89 bits per heavy atom. The van der Waals surface area contributed by atoms with E-state index in [0.29, 0.717) is 17.1 Å². The predicted octanol–water partition coefficient (Wildman–Crippen LogP) is 3.74. The number of nitrogens with one attached hydrogen (secondary N) is 1. The number of fused-ring (bicyclic) bond motifs is 1. The minimum atomic E-state index is -0.0221. The van der Waals surface area contributed by atoms with Crippen molar-refractivity contribution >= 4 is 16.9 Å². The van der Waals surface area contributed by atoms with Gasteiger partial charge in [-0.1, -0.05) is 31.4 Å². The molecule has 0 spiro atoms. The molecule has 3 rings (SSSR count). The zero-order chi connectivity index (χ0) is 13.1. The second kappa shape index (κ2) is 5.47. The third-order valence-corrected chi connectivity index (χ3v) is 4.00. The van der Waals surface area contributed by atoms with E-state index in [9.17, 15) is 4.79 Å². The van der Waals surface area contributed by atoms with Crippen LogP contribution >= 0.6 is 0 Å². The summed E-state index contributed by atoms with van der Waals surface area (Å²) >= 11 is 0. The van der Waals surface area contributed by atoms with E-state index in [1.165, 1.54) is 32.1 Å². The Morgan fingerprint density at radius 1 is 1.21 bits per heavy atom. The summed E-state index contributed by atoms with van der Waals surface area (Å²) in [7, 11) is 0. The highest BCUT2D eigenvalue weighted by molar-refractivity contribution is 6.04. The highest BCUT2D eigenvalue weighted by atomic mass is 16.3. The van der Waals surface area contributed by atoms with Crippen LogP contribution in [0.1, 0.15) is 42.5 Å². The van der Waals surface area contributed by atoms with Gasteiger partial charge in [0.25, 0.3) is 5.91 Å². The van der Waals surface area contributed by atoms with Gasteiger partial charge >= 0.3 is 0 Å². The summed E-state index contributed by atoms with van der Waals surface area (Å²) in [4.78, 5) is 12.2. The fourth-order valence-electron chi connectivity index (χ4n) is 2.90. The van der Waals surface area contributed by atoms with Crippen molar-refractivity contribution in [3.05, 3.63) is 36.1 Å². The van der Waals surface area contributed by atoms with Crippen LogP contribution in [0.2, 0.25) is 0 Å². The fourth-order valence-corrected chi connectivity index (χ4v) is 2.90. The van der Waals surface area contributed by atoms with Crippen LogP contribution < -0.4 is 5.32 Å². The molecule has 0 radical (unpaired) electrons. The van der Waals surface area contributed by atoms with Crippen molar-refractivity contribution in [3.8, 4) is 0 Å². The maximum Gasteiger partial charge on any atom is 0.255 e. The number of hydrogen-bond acceptors (Lipinski definition) is 2. The first kappa shape index (κ1) is 12.3. The van der Waals surface area contributed by atoms with Crippen molar-refractivity contribution in [2.24, 2.45) is 5.92 Å². The Labute approximate surface area is 113 Å². The molecule has 0 aliphatic heterocycles. The first-order valence-electron chi connectivity index (χ1n) is 7.09. The number of benzene rings is 1. The maximum absolute atomic E-state index is 12.2. The highest BCUT2D eigenvalue weighted by Gasteiger charge is 2.16. The number of furan rings is 1. The molecule has 1 heterocycles. The Kier molecular flexibility index (Phi) is 3.53. The topological polar surface area (TPSA) is 42.2 Å². The molecule has 2 aromatic rings. The molecule has 1 aromatic heterocycles. The molecule has 0 bridgehead atoms. The van der Waals surface area contributed by atoms with Crippen LogP contribution in [0.5, 0.6) is 0 Å². The molecule has 1 amide bonds. The average molecular weight is 257 g/mol. The Morgan fingerprint density at radius 2 is 2.05 bits per heavy atom. The standard InChI is InChI=1S/C16H19NO2/c18-16(17-11-12-5-2-1-3-6-12)14-8-4-7-13-9-10-19-15(13)14/h4,7-10,12H,1-3,5-6,11H2,(H,17,18). The largest absolute Gasteiger partial charge is 0.464 e. The summed E-state index contributed by atoms with van der Waals surface area (Å²) in [5, 5.41) is 4.03. The van der Waals surface area contributed by atoms with E-state index < -0.39 is 0 Å². The normalized spacial score (nSPS) is 16.6. The lowest BCUT2D eigenvalue weighted by Gasteiger charge is -2.21. The Hall–Kier alpha value is -1.77. The Balaban J connectivity index is 1.68. The summed E-state index contributed by atoms with van der Waals surface area (Å²) in [5.41, 5.74) is 1.32. The molecule has 0 atom stereocenters. The van der Waals surface area contributed by atoms with Gasteiger partial charge in [-0.2, -0.15) is 0 Å². The van der Waals surface area contributed by atoms with E-state index in [1.807, 2.05) is 24.3 Å². The molecule has 3 heteroatoms. The second-order valence-electron chi connectivity index (χ2n) is 5.36. The van der Waals surface area contributed by atoms with Crippen molar-refractivity contribution < 1.29 is 9.21 Å². The lowest BCUT2D eigenvalue weighted by molar-refractivity contribution is 0.0944. The van der Waals surface area contributed by atoms with Crippen LogP contribution in [0.3, 0.4) is 0 Å². The first-order chi connectivity index (χ1) is 9.34. The molecule has 1 aliphatic carbocycles. The van der Waals surface area contributed by atoms with Gasteiger partial charge in [0.1, 0.15) is 5.58 Å². The van der Waals surface area contributed by atoms with E-state index in [1.54, 1.807) is 6.26 Å². The molecular weight excluding hydrogens is 238 g/mol. The number of carbonyl (C=O) groups excluding carboxylic acids is 1. The maximum atomic E-state index is 12.2. The fraction of sp³-hybridized carbons (Fsp3) is 0.438. The summed E-state index contributed by atoms with van der Waals surface area (Å²) in [5.74, 6) is 0.625. The zero-order valence-electron chi connectivity index (χ0n) is 11.0. The first-order valence-corrected chi connectivity index (χ1v) is 7.09. The Bertz CT molecular complexity index is 567. The van der Waals surface area contributed by atoms with Crippen molar-refractivity contribution in [1.29, 1.82) is 0 Å². The van der Waals surface area contributed by atoms with Crippen LogP contribution in [-0.4, -0.2) is 12.5 Å². The summed E-state index contributed by atoms with van der Waals surface area (Å²) in [6.07, 6.45) is 8.05. The van der Waals surface area contributed by atoms with Gasteiger partial charge in [0.15, 0.2) is 0 Å². The van der Waals surface area contributed by atoms with Gasteiger partial charge in [0, 0.05) is 11.9 Å². The van der Waals surface area contributed by atoms with Crippen LogP contribution in [0.4, 0.5) is 0 Å². The second-order valence-corrected chi connectivity index (χ2v) is 5.36. The van der Waals surface area contributed by atoms with Gasteiger partial charge in [0.05, 0.1) is 11.8 Å². The third-order valence-electron chi connectivity index (χ3n) is 4.00. The molecule has 3 nitrogen and oxygen atoms in total. The van der Waals surface area contributed by atoms with E-state index in [-0.39, 0.29) is 5.91 Å². The molecule has 0 unspecified atom stereocenters. The van der Waals surface area contributed by atoms with Crippen LogP contribution in [-0.2, 0) is 0 Å². The van der Waals surface area contributed by atoms with E-state index >= 15 is 0 Å². The van der Waals surface area contributed by atoms with Gasteiger partial charge in [-0.15, -0.1) is 0 Å². The van der Waals surface area contributed by atoms with E-state index in [4.69, 9.17) is 4.42 Å². The van der Waals surface area contributed by atoms with Crippen LogP contribution in [0.15, 0.2) is 34.9 Å². The number of hydrogen-bond donors (Lipinski definition) is 1. The molecule has 1 N–H and O–H groups in total. The molecule has 1 aromatic carbocycles. The third kappa shape index (κ3) is 2.65. The van der Waals surface area contributed by atoms with Gasteiger partial charge in [-0.25, -0.2) is 0 Å². The van der Waals surface area contributed by atoms with Crippen molar-refractivity contribution in [2.75, 3.05) is 6.54 Å². The van der Waals surface area contributed by atoms with Crippen LogP contribution in [0.25, 0.3) is 11.0 Å². The monoisotopic (exact) mass is 257 g/mol. The molecule has 1 fully saturated rings. The SMILES string of the molecule is O=C(NCC1CCCCC1)c1cccc2ccoc12. The summed E-state index contributed by atoms with van der Waals surface area (Å²) in [6, 6.07) is 7.55. The summed E-state index contributed by atoms with van der Waals surface area (Å²) < 4.78 is 5.40. The smallest absolute Gasteiger partial charge is 0.255 e. The molecule has 19 heavy (non-hydrogen) atoms. The van der Waals surface area contributed by atoms with Crippen molar-refractivity contribution in [3.63, 3.8) is 0 Å². The number of rotatable bonds is 3. The van der Waals surface area contributed by atoms with Gasteiger partial charge in [0.2, 0.25) is 0 Å².